The third-order valence-corrected chi connectivity index (χ3v) is 26.3. The summed E-state index contributed by atoms with van der Waals surface area (Å²) >= 11 is 0. The average molecular weight is 1830 g/mol. The first-order chi connectivity index (χ1) is 62.8. The molecule has 34 nitrogen and oxygen atoms in total. The fourth-order valence-corrected chi connectivity index (χ4v) is 19.2. The van der Waals surface area contributed by atoms with E-state index in [1.54, 1.807) is 50.8 Å². The highest BCUT2D eigenvalue weighted by molar-refractivity contribution is 6.00. The minimum atomic E-state index is -2.30. The molecule has 131 heavy (non-hydrogen) atoms. The molecule has 3 aliphatic heterocycles. The van der Waals surface area contributed by atoms with Gasteiger partial charge in [0.25, 0.3) is 0 Å². The molecule has 3 saturated carbocycles. The fraction of sp³-hybridized carbons (Fsp3) is 0.611. The maximum Gasteiger partial charge on any atom is 0.312 e. The van der Waals surface area contributed by atoms with Crippen molar-refractivity contribution < 1.29 is 120 Å². The quantitative estimate of drug-likeness (QED) is 0.0266. The molecule has 19 atom stereocenters. The number of urea groups is 1. The van der Waals surface area contributed by atoms with Gasteiger partial charge in [-0.1, -0.05) is 114 Å². The van der Waals surface area contributed by atoms with Gasteiger partial charge in [-0.05, 0) is 155 Å². The Morgan fingerprint density at radius 2 is 1.37 bits per heavy atom. The van der Waals surface area contributed by atoms with Crippen molar-refractivity contribution in [1.82, 2.24) is 37.2 Å². The Morgan fingerprint density at radius 1 is 0.695 bits per heavy atom. The van der Waals surface area contributed by atoms with Crippen LogP contribution in [0.25, 0.3) is 0 Å². The van der Waals surface area contributed by atoms with Crippen LogP contribution in [0.15, 0.2) is 120 Å². The third kappa shape index (κ3) is 25.2. The summed E-state index contributed by atoms with van der Waals surface area (Å²) < 4.78 is 88.5. The number of ether oxygens (including phenoxy) is 9. The smallest absolute Gasteiger partial charge is 0.312 e. The number of anilines is 2. The lowest BCUT2D eigenvalue weighted by molar-refractivity contribution is -0.234. The first-order valence-electron chi connectivity index (χ1n) is 45.8. The number of carbonyl (C=O) groups is 9. The van der Waals surface area contributed by atoms with E-state index in [2.05, 4.69) is 61.0 Å². The lowest BCUT2D eigenvalue weighted by Gasteiger charge is -2.63. The van der Waals surface area contributed by atoms with Crippen LogP contribution < -0.4 is 63.6 Å². The molecule has 0 spiro atoms. The van der Waals surface area contributed by atoms with Crippen LogP contribution >= 0.6 is 0 Å². The molecule has 2 unspecified atom stereocenters. The number of ketones is 1. The third-order valence-electron chi connectivity index (χ3n) is 26.3. The highest BCUT2D eigenvalue weighted by atomic mass is 19.1. The van der Waals surface area contributed by atoms with Crippen molar-refractivity contribution in [1.29, 1.82) is 0 Å². The van der Waals surface area contributed by atoms with Gasteiger partial charge >= 0.3 is 6.03 Å². The van der Waals surface area contributed by atoms with Gasteiger partial charge in [-0.2, -0.15) is 0 Å². The second kappa shape index (κ2) is 47.7. The summed E-state index contributed by atoms with van der Waals surface area (Å²) in [5.74, 6) is 0.0507. The predicted molar refractivity (Wildman–Crippen MR) is 477 cm³/mol. The summed E-state index contributed by atoms with van der Waals surface area (Å²) in [5, 5.41) is 75.7. The largest absolute Gasteiger partial charge is 0.486 e. The van der Waals surface area contributed by atoms with Gasteiger partial charge in [-0.25, -0.2) is 13.6 Å². The van der Waals surface area contributed by atoms with Gasteiger partial charge in [0.15, 0.2) is 23.8 Å². The molecule has 718 valence electrons. The molecule has 36 heteroatoms. The Bertz CT molecular complexity index is 4630. The summed E-state index contributed by atoms with van der Waals surface area (Å²) in [7, 11) is 0. The van der Waals surface area contributed by atoms with Crippen LogP contribution in [0, 0.1) is 40.4 Å². The first-order valence-corrected chi connectivity index (χ1v) is 45.8. The molecule has 9 amide bonds. The van der Waals surface area contributed by atoms with E-state index >= 15 is 13.6 Å². The van der Waals surface area contributed by atoms with Crippen LogP contribution in [0.4, 0.5) is 25.0 Å². The van der Waals surface area contributed by atoms with E-state index in [4.69, 9.17) is 54.1 Å². The van der Waals surface area contributed by atoms with E-state index in [1.165, 1.54) is 24.3 Å². The molecule has 0 radical (unpaired) electrons. The molecule has 17 N–H and O–H groups in total. The number of aliphatic hydroxyl groups is 5. The van der Waals surface area contributed by atoms with Crippen LogP contribution in [0.5, 0.6) is 5.75 Å². The zero-order chi connectivity index (χ0) is 94.2. The summed E-state index contributed by atoms with van der Waals surface area (Å²) in [5.41, 5.74) is 10.1. The van der Waals surface area contributed by atoms with Crippen LogP contribution in [0.2, 0.25) is 0 Å². The number of carbonyl (C=O) groups excluding carboxylic acids is 9. The van der Waals surface area contributed by atoms with Crippen molar-refractivity contribution in [2.45, 2.75) is 248 Å². The number of nitrogens with one attached hydrogen (secondary N) is 8. The number of amides is 9. The summed E-state index contributed by atoms with van der Waals surface area (Å²) in [6, 6.07) is 16.5. The number of rotatable bonds is 47. The molecule has 11 rings (SSSR count). The van der Waals surface area contributed by atoms with Crippen molar-refractivity contribution in [3.8, 4) is 17.6 Å². The van der Waals surface area contributed by atoms with Crippen molar-refractivity contribution in [2.75, 3.05) is 103 Å². The molecule has 8 aliphatic rings. The second-order valence-electron chi connectivity index (χ2n) is 35.6. The molecule has 0 aromatic heterocycles. The van der Waals surface area contributed by atoms with Crippen molar-refractivity contribution >= 4 is 64.5 Å². The van der Waals surface area contributed by atoms with Crippen LogP contribution in [-0.4, -0.2) is 262 Å². The number of halogens is 2. The topological polar surface area (TPSA) is 489 Å². The Morgan fingerprint density at radius 3 is 2.08 bits per heavy atom. The number of allylic oxidation sites excluding steroid dienone is 6. The summed E-state index contributed by atoms with van der Waals surface area (Å²) in [4.78, 5) is 125. The SMILES string of the molecule is C=C1C=C[C@@]2(C)C(=C1)[C@@H](F)C[C@H]1[C@@H]3C[C@H]4OC(CCC)O[C@@]4(C(=O)COc4ccc(NC(=O)[C@H](CCCNC(N)=O)NC(=O)[C@@H](NC(=O)[C@@H](CCCCNC(=O)COC5CCCCCC(N[C@@H]6O[C@H](CO)[C@H](O)[C@H](O)[C@H]6O)=C5N)NC(=O)CCOCCOCCOCCOCCNC(=O)CCC(=O)N5Cc6ccccc6C#Cc6ccccc65)C(C)C)cc4)[C@@]3(C)C[C@H](O)[C@@]12F. The van der Waals surface area contributed by atoms with Crippen LogP contribution in [-0.2, 0) is 82.8 Å². The van der Waals surface area contributed by atoms with Gasteiger partial charge in [0, 0.05) is 78.2 Å². The standard InChI is InChI=1S/C95H131F2N11O23/c1-7-18-81-130-76-51-64-65-50-67(96)66-49-58(4)35-37-92(66,5)94(65,97)74(110)52-93(64,6)95(76,131-81)75(111)55-127-63-31-29-62(30-32-63)103-87(119)70(24-17-39-102-91(99)122)105-89(121)83(57(2)3)107-88(120)69(23-15-16-38-100-79(114)56-128-72-26-10-8-9-22-68(82(72)98)106-90-86(118)85(117)84(116)73(54-109)129-90)104-78(113)36-41-123-43-45-125-47-48-126-46-44-124-42-40-101-77(112)33-34-80(115)108-53-61-21-12-11-19-59(61)27-28-60-20-13-14-25-71(60)108/h11-14,19-21,25,29-32,35,37,49,57,64-65,67,69-70,72-74,76,81,83-86,90,106,109-110,116-118H,4,7-10,15-18,22-24,26,33-34,36,38-48,50-56,98H2,1-3,5-6H3,(H,100,114)(H,101,112)(H,103,119)(H,104,113)(H,105,121)(H,107,120)(H3,99,102,122)/t64-,65-,67-,69+,70-,72?,73+,74-,76+,81?,83-,84-,85-,86+,90+,92-,93-,94-,95+/m0/s1. The highest BCUT2D eigenvalue weighted by Gasteiger charge is 2.80. The molecule has 5 aliphatic carbocycles. The fourth-order valence-electron chi connectivity index (χ4n) is 19.2. The normalized spacial score (nSPS) is 27.7. The zero-order valence-electron chi connectivity index (χ0n) is 75.4. The van der Waals surface area contributed by atoms with Crippen molar-refractivity contribution in [3.05, 3.63) is 137 Å². The molecule has 3 aromatic rings. The van der Waals surface area contributed by atoms with Crippen LogP contribution in [0.1, 0.15) is 167 Å². The van der Waals surface area contributed by atoms with E-state index < -0.39 is 181 Å². The average Bonchev–Trinajstić information content (AvgIpc) is 1.52. The number of hydrogen-bond donors (Lipinski definition) is 15. The second-order valence-corrected chi connectivity index (χ2v) is 35.6. The van der Waals surface area contributed by atoms with Crippen molar-refractivity contribution in [3.63, 3.8) is 0 Å². The number of nitrogens with zero attached hydrogens (tertiary/aromatic N) is 1. The number of fused-ring (bicyclic) bond motifs is 9. The number of nitrogens with two attached hydrogens (primary N) is 2. The maximum absolute atomic E-state index is 18.3. The van der Waals surface area contributed by atoms with Gasteiger partial charge < -0.3 is 127 Å². The molecule has 3 heterocycles. The predicted octanol–water partition coefficient (Wildman–Crippen LogP) is 4.82. The number of Topliss-reactive ketones (excluding diaryl/α,β-unsaturated/α-hetero) is 1. The number of benzene rings is 3. The van der Waals surface area contributed by atoms with Gasteiger partial charge in [-0.3, -0.25) is 38.4 Å². The number of para-hydroxylation sites is 1. The van der Waals surface area contributed by atoms with Gasteiger partial charge in [-0.15, -0.1) is 0 Å². The minimum Gasteiger partial charge on any atom is -0.486 e. The lowest BCUT2D eigenvalue weighted by atomic mass is 9.44. The summed E-state index contributed by atoms with van der Waals surface area (Å²) in [6.45, 7) is 13.2. The van der Waals surface area contributed by atoms with E-state index in [-0.39, 0.29) is 171 Å². The number of unbranched alkanes of at least 4 members (excludes halogenated alkanes) is 1. The lowest BCUT2D eigenvalue weighted by Crippen LogP contribution is -2.70. The Balaban J connectivity index is 0.651. The van der Waals surface area contributed by atoms with Crippen molar-refractivity contribution in [2.24, 2.45) is 40.1 Å². The van der Waals surface area contributed by atoms with Crippen LogP contribution in [0.3, 0.4) is 0 Å². The van der Waals surface area contributed by atoms with E-state index in [0.29, 0.717) is 62.0 Å². The molecular formula is C95H131F2N11O23. The van der Waals surface area contributed by atoms with E-state index in [1.807, 2.05) is 55.5 Å². The molecule has 0 bridgehead atoms. The Kier molecular flexibility index (Phi) is 37.0. The number of aliphatic hydroxyl groups excluding tert-OH is 5. The minimum absolute atomic E-state index is 0.00309. The molecular weight excluding hydrogens is 1700 g/mol. The number of alkyl halides is 2. The monoisotopic (exact) mass is 1830 g/mol. The van der Waals surface area contributed by atoms with Gasteiger partial charge in [0.05, 0.1) is 95.7 Å². The zero-order valence-corrected chi connectivity index (χ0v) is 75.4. The maximum atomic E-state index is 18.3. The molecule has 5 fully saturated rings. The Hall–Kier alpha value is -9.85. The van der Waals surface area contributed by atoms with E-state index in [0.717, 1.165) is 29.5 Å². The molecule has 3 aromatic carbocycles. The first kappa shape index (κ1) is 102. The highest BCUT2D eigenvalue weighted by Crippen LogP contribution is 2.72. The van der Waals surface area contributed by atoms with Gasteiger partial charge in [0.1, 0.15) is 67.7 Å². The number of primary amides is 1. The molecule has 2 saturated heterocycles. The summed E-state index contributed by atoms with van der Waals surface area (Å²) in [6.07, 6.45) is -3.46. The Labute approximate surface area is 762 Å². The number of hydrogen-bond acceptors (Lipinski definition) is 25. The van der Waals surface area contributed by atoms with E-state index in [9.17, 15) is 63.9 Å². The van der Waals surface area contributed by atoms with Gasteiger partial charge in [0.2, 0.25) is 47.1 Å².